The number of hydrogen-bond donors (Lipinski definition) is 1. The van der Waals surface area contributed by atoms with Crippen molar-refractivity contribution in [3.05, 3.63) is 90.9 Å². The van der Waals surface area contributed by atoms with Gasteiger partial charge in [-0.2, -0.15) is 0 Å². The van der Waals surface area contributed by atoms with Crippen LogP contribution in [0.1, 0.15) is 41.5 Å². The van der Waals surface area contributed by atoms with Crippen LogP contribution in [0.5, 0.6) is 11.5 Å². The van der Waals surface area contributed by atoms with Gasteiger partial charge in [-0.1, -0.05) is 64.6 Å². The molecule has 4 rings (SSSR count). The quantitative estimate of drug-likeness (QED) is 0.157. The molecule has 1 unspecified atom stereocenters. The van der Waals surface area contributed by atoms with Crippen molar-refractivity contribution in [1.29, 1.82) is 0 Å². The molecule has 0 bridgehead atoms. The number of amides is 1. The Balaban J connectivity index is 1.34. The van der Waals surface area contributed by atoms with E-state index in [0.29, 0.717) is 57.8 Å². The van der Waals surface area contributed by atoms with Gasteiger partial charge < -0.3 is 24.8 Å². The maximum atomic E-state index is 13.8. The molecule has 0 saturated heterocycles. The zero-order valence-electron chi connectivity index (χ0n) is 24.5. The van der Waals surface area contributed by atoms with Gasteiger partial charge in [-0.15, -0.1) is 0 Å². The van der Waals surface area contributed by atoms with Crippen molar-refractivity contribution in [2.24, 2.45) is 11.7 Å². The number of halogens is 4. The number of rotatable bonds is 16. The first-order valence-corrected chi connectivity index (χ1v) is 16.0. The lowest BCUT2D eigenvalue weighted by atomic mass is 9.97. The highest BCUT2D eigenvalue weighted by atomic mass is 35.5. The fourth-order valence-corrected chi connectivity index (χ4v) is 6.12. The molecule has 1 atom stereocenters. The summed E-state index contributed by atoms with van der Waals surface area (Å²) in [6, 6.07) is 15.4. The minimum absolute atomic E-state index is 0.0351. The summed E-state index contributed by atoms with van der Waals surface area (Å²) in [6.07, 6.45) is 4.17. The topological polar surface area (TPSA) is 74.0 Å². The zero-order valence-corrected chi connectivity index (χ0v) is 27.5. The lowest BCUT2D eigenvalue weighted by molar-refractivity contribution is -0.136. The monoisotopic (exact) mass is 666 g/mol. The Morgan fingerprint density at radius 1 is 0.930 bits per heavy atom. The summed E-state index contributed by atoms with van der Waals surface area (Å²) in [7, 11) is 1.69. The van der Waals surface area contributed by atoms with Crippen LogP contribution in [0.3, 0.4) is 0 Å². The van der Waals surface area contributed by atoms with E-state index in [1.807, 2.05) is 42.2 Å². The van der Waals surface area contributed by atoms with Crippen LogP contribution in [-0.2, 0) is 28.9 Å². The van der Waals surface area contributed by atoms with E-state index < -0.39 is 0 Å². The van der Waals surface area contributed by atoms with E-state index >= 15 is 0 Å². The van der Waals surface area contributed by atoms with Crippen molar-refractivity contribution in [2.45, 2.75) is 51.6 Å². The minimum atomic E-state index is -0.357. The number of carbonyl (C=O) groups is 1. The summed E-state index contributed by atoms with van der Waals surface area (Å²) >= 11 is 25.6. The van der Waals surface area contributed by atoms with E-state index in [9.17, 15) is 4.79 Å². The van der Waals surface area contributed by atoms with Crippen molar-refractivity contribution in [1.82, 2.24) is 4.90 Å². The number of benzene rings is 3. The molecule has 232 valence electrons. The van der Waals surface area contributed by atoms with Gasteiger partial charge in [0.1, 0.15) is 19.0 Å². The Kier molecular flexibility index (Phi) is 12.7. The second-order valence-electron chi connectivity index (χ2n) is 10.9. The minimum Gasteiger partial charge on any atom is -0.490 e. The van der Waals surface area contributed by atoms with Crippen LogP contribution in [-0.4, -0.2) is 50.3 Å². The van der Waals surface area contributed by atoms with Gasteiger partial charge in [0, 0.05) is 32.8 Å². The number of nitrogens with zero attached hydrogens (tertiary/aromatic N) is 1. The molecular weight excluding hydrogens is 630 g/mol. The molecule has 2 N–H and O–H groups in total. The van der Waals surface area contributed by atoms with Gasteiger partial charge in [0.15, 0.2) is 5.75 Å². The predicted molar refractivity (Wildman–Crippen MR) is 175 cm³/mol. The van der Waals surface area contributed by atoms with Gasteiger partial charge in [0.25, 0.3) is 0 Å². The molecule has 0 heterocycles. The first-order chi connectivity index (χ1) is 20.7. The van der Waals surface area contributed by atoms with Crippen LogP contribution in [0.4, 0.5) is 0 Å². The third kappa shape index (κ3) is 9.65. The molecule has 0 aromatic heterocycles. The van der Waals surface area contributed by atoms with Gasteiger partial charge in [0.2, 0.25) is 5.91 Å². The standard InChI is InChI=1S/C33H38Cl4N2O4/c1-21-14-29(35)32(30(36)15-21)43-13-12-42-27-9-5-22(6-10-27)16-24(19-38)33(40)39(26-7-8-26)20-25-17-23(4-3-11-41-2)18-28(34)31(25)37/h5-6,9-10,14-15,17-18,24,26H,3-4,7-8,11-13,16,19-20,38H2,1-2H3. The summed E-state index contributed by atoms with van der Waals surface area (Å²) < 4.78 is 16.7. The molecule has 0 aliphatic heterocycles. The van der Waals surface area contributed by atoms with Gasteiger partial charge >= 0.3 is 0 Å². The van der Waals surface area contributed by atoms with E-state index in [2.05, 4.69) is 6.07 Å². The normalized spacial score (nSPS) is 13.6. The number of nitrogens with two attached hydrogens (primary N) is 1. The SMILES string of the molecule is COCCCc1cc(Cl)c(Cl)c(CN(C(=O)C(CN)Cc2ccc(OCCOc3c(Cl)cc(C)cc3Cl)cc2)C2CC2)c1. The van der Waals surface area contributed by atoms with Crippen LogP contribution in [0.25, 0.3) is 0 Å². The van der Waals surface area contributed by atoms with Crippen molar-refractivity contribution in [3.63, 3.8) is 0 Å². The van der Waals surface area contributed by atoms with Gasteiger partial charge in [-0.25, -0.2) is 0 Å². The Bertz CT molecular complexity index is 1360. The Hall–Kier alpha value is -2.19. The lowest BCUT2D eigenvalue weighted by Crippen LogP contribution is -2.41. The molecule has 43 heavy (non-hydrogen) atoms. The maximum Gasteiger partial charge on any atom is 0.227 e. The Morgan fingerprint density at radius 3 is 2.23 bits per heavy atom. The van der Waals surface area contributed by atoms with E-state index in [1.165, 1.54) is 0 Å². The smallest absolute Gasteiger partial charge is 0.227 e. The molecule has 6 nitrogen and oxygen atoms in total. The predicted octanol–water partition coefficient (Wildman–Crippen LogP) is 7.95. The van der Waals surface area contributed by atoms with E-state index in [0.717, 1.165) is 47.9 Å². The summed E-state index contributed by atoms with van der Waals surface area (Å²) in [6.45, 7) is 3.84. The Labute approximate surface area is 274 Å². The van der Waals surface area contributed by atoms with Crippen LogP contribution >= 0.6 is 46.4 Å². The second-order valence-corrected chi connectivity index (χ2v) is 12.5. The first kappa shape index (κ1) is 33.7. The summed E-state index contributed by atoms with van der Waals surface area (Å²) in [5.74, 6) is 0.822. The first-order valence-electron chi connectivity index (χ1n) is 14.5. The third-order valence-electron chi connectivity index (χ3n) is 7.37. The highest BCUT2D eigenvalue weighted by Gasteiger charge is 2.36. The van der Waals surface area contributed by atoms with E-state index in [1.54, 1.807) is 19.2 Å². The van der Waals surface area contributed by atoms with E-state index in [4.69, 9.17) is 66.3 Å². The Morgan fingerprint density at radius 2 is 1.60 bits per heavy atom. The molecular formula is C33H38Cl4N2O4. The number of ether oxygens (including phenoxy) is 3. The van der Waals surface area contributed by atoms with E-state index in [-0.39, 0.29) is 31.0 Å². The van der Waals surface area contributed by atoms with Crippen molar-refractivity contribution >= 4 is 52.3 Å². The molecule has 1 amide bonds. The fourth-order valence-electron chi connectivity index (χ4n) is 4.99. The summed E-state index contributed by atoms with van der Waals surface area (Å²) in [4.78, 5) is 15.7. The molecule has 3 aromatic rings. The molecule has 1 aliphatic rings. The lowest BCUT2D eigenvalue weighted by Gasteiger charge is -2.28. The number of carbonyl (C=O) groups excluding carboxylic acids is 1. The molecule has 10 heteroatoms. The third-order valence-corrected chi connectivity index (χ3v) is 8.77. The summed E-state index contributed by atoms with van der Waals surface area (Å²) in [5.41, 5.74) is 10.0. The van der Waals surface area contributed by atoms with Gasteiger partial charge in [0.05, 0.1) is 26.0 Å². The summed E-state index contributed by atoms with van der Waals surface area (Å²) in [5, 5.41) is 1.93. The molecule has 0 spiro atoms. The van der Waals surface area contributed by atoms with Gasteiger partial charge in [-0.3, -0.25) is 4.79 Å². The second kappa shape index (κ2) is 16.2. The molecule has 1 aliphatic carbocycles. The highest BCUT2D eigenvalue weighted by molar-refractivity contribution is 6.42. The number of hydrogen-bond acceptors (Lipinski definition) is 5. The largest absolute Gasteiger partial charge is 0.490 e. The molecule has 3 aromatic carbocycles. The van der Waals surface area contributed by atoms with Crippen molar-refractivity contribution in [3.8, 4) is 11.5 Å². The average molecular weight is 668 g/mol. The van der Waals surface area contributed by atoms with Gasteiger partial charge in [-0.05, 0) is 91.6 Å². The average Bonchev–Trinajstić information content (AvgIpc) is 3.82. The maximum absolute atomic E-state index is 13.8. The van der Waals surface area contributed by atoms with Crippen molar-refractivity contribution in [2.75, 3.05) is 33.5 Å². The molecule has 1 fully saturated rings. The van der Waals surface area contributed by atoms with Crippen LogP contribution < -0.4 is 15.2 Å². The van der Waals surface area contributed by atoms with Crippen LogP contribution in [0.2, 0.25) is 20.1 Å². The molecule has 1 saturated carbocycles. The zero-order chi connectivity index (χ0) is 30.9. The fraction of sp³-hybridized carbons (Fsp3) is 0.424. The molecule has 0 radical (unpaired) electrons. The highest BCUT2D eigenvalue weighted by Crippen LogP contribution is 2.35. The van der Waals surface area contributed by atoms with Crippen LogP contribution in [0.15, 0.2) is 48.5 Å². The number of methoxy groups -OCH3 is 1. The van der Waals surface area contributed by atoms with Crippen LogP contribution in [0, 0.1) is 12.8 Å². The number of aryl methyl sites for hydroxylation is 2. The van der Waals surface area contributed by atoms with Crippen molar-refractivity contribution < 1.29 is 19.0 Å².